The smallest absolute Gasteiger partial charge is 0.0970 e. The average Bonchev–Trinajstić information content (AvgIpc) is 2.54. The molecule has 0 aliphatic carbocycles. The minimum atomic E-state index is -0.462. The van der Waals surface area contributed by atoms with E-state index in [-0.39, 0.29) is 5.54 Å². The summed E-state index contributed by atoms with van der Waals surface area (Å²) in [5.74, 6) is 0. The van der Waals surface area contributed by atoms with Crippen LogP contribution in [0.4, 0.5) is 0 Å². The zero-order chi connectivity index (χ0) is 14.6. The summed E-state index contributed by atoms with van der Waals surface area (Å²) in [6.07, 6.45) is 1.49. The number of morpholine rings is 1. The van der Waals surface area contributed by atoms with E-state index in [0.717, 1.165) is 44.7 Å². The van der Waals surface area contributed by atoms with Gasteiger partial charge in [-0.1, -0.05) is 38.1 Å². The molecule has 0 radical (unpaired) electrons. The Morgan fingerprint density at radius 3 is 2.30 bits per heavy atom. The molecule has 2 atom stereocenters. The Morgan fingerprint density at radius 2 is 1.80 bits per heavy atom. The van der Waals surface area contributed by atoms with Crippen molar-refractivity contribution in [2.24, 2.45) is 0 Å². The fourth-order valence-corrected chi connectivity index (χ4v) is 2.96. The first-order valence-electron chi connectivity index (χ1n) is 7.71. The van der Waals surface area contributed by atoms with Gasteiger partial charge in [-0.05, 0) is 30.9 Å². The van der Waals surface area contributed by atoms with E-state index in [0.29, 0.717) is 0 Å². The van der Waals surface area contributed by atoms with Crippen LogP contribution in [0.1, 0.15) is 44.4 Å². The maximum atomic E-state index is 10.9. The molecule has 0 aromatic heterocycles. The highest BCUT2D eigenvalue weighted by atomic mass is 16.5. The summed E-state index contributed by atoms with van der Waals surface area (Å²) in [5.41, 5.74) is 2.10. The van der Waals surface area contributed by atoms with Crippen molar-refractivity contribution in [1.82, 2.24) is 4.90 Å². The molecule has 1 heterocycles. The molecule has 1 saturated heterocycles. The van der Waals surface area contributed by atoms with Gasteiger partial charge in [0.1, 0.15) is 0 Å². The molecule has 1 fully saturated rings. The highest BCUT2D eigenvalue weighted by Crippen LogP contribution is 2.34. The summed E-state index contributed by atoms with van der Waals surface area (Å²) < 4.78 is 5.43. The standard InChI is InChI=1S/C17H27NO2/c1-4-14-6-8-15(9-7-14)16(19)17(3,5-2)18-10-12-20-13-11-18/h6-9,16,19H,4-5,10-13H2,1-3H3. The third kappa shape index (κ3) is 3.05. The lowest BCUT2D eigenvalue weighted by Gasteiger charge is -2.46. The summed E-state index contributed by atoms with van der Waals surface area (Å²) in [7, 11) is 0. The van der Waals surface area contributed by atoms with Crippen LogP contribution in [-0.4, -0.2) is 41.8 Å². The van der Waals surface area contributed by atoms with Crippen molar-refractivity contribution in [3.63, 3.8) is 0 Å². The van der Waals surface area contributed by atoms with Gasteiger partial charge in [-0.25, -0.2) is 0 Å². The number of aryl methyl sites for hydroxylation is 1. The molecule has 1 N–H and O–H groups in total. The van der Waals surface area contributed by atoms with E-state index < -0.39 is 6.10 Å². The fourth-order valence-electron chi connectivity index (χ4n) is 2.96. The van der Waals surface area contributed by atoms with Crippen LogP contribution in [0.2, 0.25) is 0 Å². The van der Waals surface area contributed by atoms with Gasteiger partial charge in [0.15, 0.2) is 0 Å². The molecule has 0 amide bonds. The van der Waals surface area contributed by atoms with Crippen LogP contribution in [0.3, 0.4) is 0 Å². The minimum absolute atomic E-state index is 0.225. The summed E-state index contributed by atoms with van der Waals surface area (Å²) in [5, 5.41) is 10.9. The summed E-state index contributed by atoms with van der Waals surface area (Å²) >= 11 is 0. The maximum Gasteiger partial charge on any atom is 0.0970 e. The second-order valence-electron chi connectivity index (χ2n) is 5.81. The normalized spacial score (nSPS) is 21.4. The van der Waals surface area contributed by atoms with Gasteiger partial charge >= 0.3 is 0 Å². The molecule has 112 valence electrons. The second kappa shape index (κ2) is 6.70. The van der Waals surface area contributed by atoms with E-state index in [9.17, 15) is 5.11 Å². The van der Waals surface area contributed by atoms with Gasteiger partial charge in [-0.3, -0.25) is 4.90 Å². The van der Waals surface area contributed by atoms with Crippen LogP contribution < -0.4 is 0 Å². The summed E-state index contributed by atoms with van der Waals surface area (Å²) in [4.78, 5) is 2.37. The fraction of sp³-hybridized carbons (Fsp3) is 0.647. The second-order valence-corrected chi connectivity index (χ2v) is 5.81. The molecule has 1 aromatic carbocycles. The first kappa shape index (κ1) is 15.5. The topological polar surface area (TPSA) is 32.7 Å². The van der Waals surface area contributed by atoms with Crippen LogP contribution >= 0.6 is 0 Å². The largest absolute Gasteiger partial charge is 0.386 e. The van der Waals surface area contributed by atoms with Crippen LogP contribution in [0.15, 0.2) is 24.3 Å². The van der Waals surface area contributed by atoms with E-state index in [4.69, 9.17) is 4.74 Å². The number of aliphatic hydroxyl groups excluding tert-OH is 1. The van der Waals surface area contributed by atoms with Crippen molar-refractivity contribution in [3.8, 4) is 0 Å². The number of benzene rings is 1. The van der Waals surface area contributed by atoms with Gasteiger partial charge < -0.3 is 9.84 Å². The Bertz CT molecular complexity index is 412. The zero-order valence-electron chi connectivity index (χ0n) is 12.9. The molecular weight excluding hydrogens is 250 g/mol. The van der Waals surface area contributed by atoms with Crippen LogP contribution in [0.5, 0.6) is 0 Å². The number of hydrogen-bond donors (Lipinski definition) is 1. The van der Waals surface area contributed by atoms with E-state index >= 15 is 0 Å². The first-order chi connectivity index (χ1) is 9.61. The predicted octanol–water partition coefficient (Wildman–Crippen LogP) is 2.78. The van der Waals surface area contributed by atoms with Crippen LogP contribution in [0.25, 0.3) is 0 Å². The SMILES string of the molecule is CCc1ccc(C(O)C(C)(CC)N2CCOCC2)cc1. The number of hydrogen-bond acceptors (Lipinski definition) is 3. The van der Waals surface area contributed by atoms with Gasteiger partial charge in [-0.2, -0.15) is 0 Å². The molecule has 0 bridgehead atoms. The van der Waals surface area contributed by atoms with E-state index in [1.807, 2.05) is 0 Å². The van der Waals surface area contributed by atoms with Gasteiger partial charge in [0.2, 0.25) is 0 Å². The highest BCUT2D eigenvalue weighted by Gasteiger charge is 2.38. The van der Waals surface area contributed by atoms with Crippen LogP contribution in [-0.2, 0) is 11.2 Å². The molecule has 1 aliphatic rings. The Hall–Kier alpha value is -0.900. The zero-order valence-corrected chi connectivity index (χ0v) is 12.9. The Kier molecular flexibility index (Phi) is 5.19. The van der Waals surface area contributed by atoms with Crippen molar-refractivity contribution in [2.75, 3.05) is 26.3 Å². The number of rotatable bonds is 5. The molecule has 20 heavy (non-hydrogen) atoms. The van der Waals surface area contributed by atoms with Crippen molar-refractivity contribution in [3.05, 3.63) is 35.4 Å². The molecule has 1 aromatic rings. The number of aliphatic hydroxyl groups is 1. The summed E-state index contributed by atoms with van der Waals surface area (Å²) in [6.45, 7) is 9.78. The molecular formula is C17H27NO2. The lowest BCUT2D eigenvalue weighted by molar-refractivity contribution is -0.0734. The van der Waals surface area contributed by atoms with Gasteiger partial charge in [0.25, 0.3) is 0 Å². The molecule has 1 aliphatic heterocycles. The van der Waals surface area contributed by atoms with Crippen molar-refractivity contribution < 1.29 is 9.84 Å². The highest BCUT2D eigenvalue weighted by molar-refractivity contribution is 5.26. The van der Waals surface area contributed by atoms with Crippen LogP contribution in [0, 0.1) is 0 Å². The monoisotopic (exact) mass is 277 g/mol. The van der Waals surface area contributed by atoms with Gasteiger partial charge in [0, 0.05) is 18.6 Å². The van der Waals surface area contributed by atoms with Crippen molar-refractivity contribution in [1.29, 1.82) is 0 Å². The van der Waals surface area contributed by atoms with Crippen molar-refractivity contribution >= 4 is 0 Å². The molecule has 0 saturated carbocycles. The van der Waals surface area contributed by atoms with E-state index in [1.54, 1.807) is 0 Å². The maximum absolute atomic E-state index is 10.9. The number of nitrogens with zero attached hydrogens (tertiary/aromatic N) is 1. The first-order valence-corrected chi connectivity index (χ1v) is 7.71. The average molecular weight is 277 g/mol. The number of ether oxygens (including phenoxy) is 1. The minimum Gasteiger partial charge on any atom is -0.386 e. The Balaban J connectivity index is 2.19. The third-order valence-electron chi connectivity index (χ3n) is 4.74. The quantitative estimate of drug-likeness (QED) is 0.898. The molecule has 0 spiro atoms. The lowest BCUT2D eigenvalue weighted by Crippen LogP contribution is -2.54. The third-order valence-corrected chi connectivity index (χ3v) is 4.74. The molecule has 3 nitrogen and oxygen atoms in total. The Labute approximate surface area is 122 Å². The predicted molar refractivity (Wildman–Crippen MR) is 81.9 cm³/mol. The van der Waals surface area contributed by atoms with E-state index in [1.165, 1.54) is 5.56 Å². The van der Waals surface area contributed by atoms with Gasteiger partial charge in [-0.15, -0.1) is 0 Å². The Morgan fingerprint density at radius 1 is 1.20 bits per heavy atom. The summed E-state index contributed by atoms with van der Waals surface area (Å²) in [6, 6.07) is 8.37. The molecule has 3 heteroatoms. The van der Waals surface area contributed by atoms with E-state index in [2.05, 4.69) is 49.9 Å². The molecule has 2 unspecified atom stereocenters. The van der Waals surface area contributed by atoms with Gasteiger partial charge in [0.05, 0.1) is 19.3 Å². The van der Waals surface area contributed by atoms with Crippen molar-refractivity contribution in [2.45, 2.75) is 45.3 Å². The lowest BCUT2D eigenvalue weighted by atomic mass is 9.84. The molecule has 2 rings (SSSR count).